The molecule has 3 heterocycles. The van der Waals surface area contributed by atoms with E-state index in [9.17, 15) is 8.78 Å². The Morgan fingerprint density at radius 1 is 1.04 bits per heavy atom. The van der Waals surface area contributed by atoms with Gasteiger partial charge in [0.1, 0.15) is 17.2 Å². The maximum atomic E-state index is 12.4. The highest BCUT2D eigenvalue weighted by atomic mass is 32.1. The molecule has 0 atom stereocenters. The molecule has 0 saturated heterocycles. The minimum Gasteiger partial charge on any atom is -0.307 e. The number of benzene rings is 1. The molecule has 4 rings (SSSR count). The number of rotatable bonds is 6. The van der Waals surface area contributed by atoms with Crippen molar-refractivity contribution in [2.75, 3.05) is 5.32 Å². The number of hydrogen-bond donors (Lipinski definition) is 1. The summed E-state index contributed by atoms with van der Waals surface area (Å²) < 4.78 is 26.0. The minimum absolute atomic E-state index is 0.323. The number of aromatic nitrogens is 5. The van der Waals surface area contributed by atoms with E-state index in [1.54, 1.807) is 18.3 Å². The fourth-order valence-corrected chi connectivity index (χ4v) is 3.27. The van der Waals surface area contributed by atoms with Crippen molar-refractivity contribution in [3.63, 3.8) is 0 Å². The van der Waals surface area contributed by atoms with Gasteiger partial charge in [0.05, 0.1) is 5.69 Å². The van der Waals surface area contributed by atoms with E-state index < -0.39 is 13.0 Å². The fraction of sp³-hybridized carbons (Fsp3) is 0.111. The van der Waals surface area contributed by atoms with Crippen molar-refractivity contribution in [2.45, 2.75) is 13.0 Å². The summed E-state index contributed by atoms with van der Waals surface area (Å²) >= 11 is 1.54. The summed E-state index contributed by atoms with van der Waals surface area (Å²) in [7, 11) is 0. The molecule has 0 saturated carbocycles. The van der Waals surface area contributed by atoms with Gasteiger partial charge in [0.25, 0.3) is 6.43 Å². The lowest BCUT2D eigenvalue weighted by atomic mass is 10.2. The van der Waals surface area contributed by atoms with Crippen LogP contribution in [0.15, 0.2) is 60.2 Å². The van der Waals surface area contributed by atoms with Crippen molar-refractivity contribution in [3.8, 4) is 22.0 Å². The summed E-state index contributed by atoms with van der Waals surface area (Å²) in [6, 6.07) is 13.3. The van der Waals surface area contributed by atoms with Crippen LogP contribution in [0.1, 0.15) is 0 Å². The number of nitrogens with one attached hydrogen (secondary N) is 1. The van der Waals surface area contributed by atoms with Crippen LogP contribution in [0.5, 0.6) is 0 Å². The van der Waals surface area contributed by atoms with E-state index in [2.05, 4.69) is 25.4 Å². The van der Waals surface area contributed by atoms with Gasteiger partial charge in [0.15, 0.2) is 5.82 Å². The van der Waals surface area contributed by atoms with Crippen LogP contribution in [-0.2, 0) is 6.54 Å². The van der Waals surface area contributed by atoms with E-state index >= 15 is 0 Å². The molecule has 0 aliphatic carbocycles. The van der Waals surface area contributed by atoms with Crippen molar-refractivity contribution in [2.24, 2.45) is 0 Å². The largest absolute Gasteiger partial charge is 0.307 e. The summed E-state index contributed by atoms with van der Waals surface area (Å²) in [4.78, 5) is 13.2. The summed E-state index contributed by atoms with van der Waals surface area (Å²) in [5.41, 5.74) is 2.45. The minimum atomic E-state index is -2.46. The molecule has 0 aliphatic heterocycles. The van der Waals surface area contributed by atoms with E-state index in [0.29, 0.717) is 17.5 Å². The molecule has 0 amide bonds. The van der Waals surface area contributed by atoms with Crippen LogP contribution < -0.4 is 5.32 Å². The van der Waals surface area contributed by atoms with Crippen LogP contribution in [0.2, 0.25) is 0 Å². The average Bonchev–Trinajstić information content (AvgIpc) is 3.32. The summed E-state index contributed by atoms with van der Waals surface area (Å²) in [5, 5.41) is 9.79. The SMILES string of the molecule is FC(F)Cn1ccc(Nc2nccc(-c3csc(-c4ccccc4)n3)n2)n1. The first-order valence-corrected chi connectivity index (χ1v) is 8.98. The molecular weight excluding hydrogens is 370 g/mol. The Morgan fingerprint density at radius 3 is 2.70 bits per heavy atom. The maximum Gasteiger partial charge on any atom is 0.257 e. The molecule has 3 aromatic heterocycles. The zero-order valence-electron chi connectivity index (χ0n) is 14.0. The van der Waals surface area contributed by atoms with Gasteiger partial charge in [-0.2, -0.15) is 5.10 Å². The van der Waals surface area contributed by atoms with Gasteiger partial charge in [0, 0.05) is 29.4 Å². The molecular formula is C18H14F2N6S. The molecule has 0 bridgehead atoms. The normalized spacial score (nSPS) is 11.1. The average molecular weight is 384 g/mol. The van der Waals surface area contributed by atoms with E-state index in [1.807, 2.05) is 35.7 Å². The third kappa shape index (κ3) is 4.14. The fourth-order valence-electron chi connectivity index (χ4n) is 2.45. The number of anilines is 2. The summed E-state index contributed by atoms with van der Waals surface area (Å²) in [6.45, 7) is -0.455. The Balaban J connectivity index is 1.53. The third-order valence-corrected chi connectivity index (χ3v) is 4.54. The molecule has 0 radical (unpaired) electrons. The Bertz CT molecular complexity index is 1030. The van der Waals surface area contributed by atoms with Gasteiger partial charge in [-0.15, -0.1) is 11.3 Å². The smallest absolute Gasteiger partial charge is 0.257 e. The molecule has 136 valence electrons. The first-order chi connectivity index (χ1) is 13.2. The van der Waals surface area contributed by atoms with E-state index in [4.69, 9.17) is 0 Å². The highest BCUT2D eigenvalue weighted by molar-refractivity contribution is 7.13. The molecule has 4 aromatic rings. The summed E-state index contributed by atoms with van der Waals surface area (Å²) in [5.74, 6) is 0.722. The zero-order chi connectivity index (χ0) is 18.6. The van der Waals surface area contributed by atoms with Gasteiger partial charge in [0.2, 0.25) is 5.95 Å². The van der Waals surface area contributed by atoms with Gasteiger partial charge in [-0.25, -0.2) is 23.7 Å². The standard InChI is InChI=1S/C18H14F2N6S/c19-15(20)10-26-9-7-16(25-26)24-18-21-8-6-13(23-18)14-11-27-17(22-14)12-4-2-1-3-5-12/h1-9,11,15H,10H2,(H,21,23,24,25). The first-order valence-electron chi connectivity index (χ1n) is 8.10. The summed E-state index contributed by atoms with van der Waals surface area (Å²) in [6.07, 6.45) is 0.633. The molecule has 27 heavy (non-hydrogen) atoms. The molecule has 1 N–H and O–H groups in total. The van der Waals surface area contributed by atoms with Gasteiger partial charge < -0.3 is 5.32 Å². The van der Waals surface area contributed by atoms with Gasteiger partial charge in [-0.1, -0.05) is 30.3 Å². The number of nitrogens with zero attached hydrogens (tertiary/aromatic N) is 5. The Morgan fingerprint density at radius 2 is 1.89 bits per heavy atom. The van der Waals surface area contributed by atoms with Crippen molar-refractivity contribution >= 4 is 23.1 Å². The second-order valence-electron chi connectivity index (χ2n) is 5.61. The van der Waals surface area contributed by atoms with Crippen LogP contribution in [-0.4, -0.2) is 31.2 Å². The molecule has 0 fully saturated rings. The molecule has 1 aromatic carbocycles. The molecule has 0 spiro atoms. The predicted molar refractivity (Wildman–Crippen MR) is 100 cm³/mol. The van der Waals surface area contributed by atoms with Crippen molar-refractivity contribution < 1.29 is 8.78 Å². The lowest BCUT2D eigenvalue weighted by Gasteiger charge is -2.03. The maximum absolute atomic E-state index is 12.4. The topological polar surface area (TPSA) is 68.5 Å². The van der Waals surface area contributed by atoms with E-state index in [1.165, 1.54) is 22.2 Å². The first kappa shape index (κ1) is 17.2. The molecule has 6 nitrogen and oxygen atoms in total. The van der Waals surface area contributed by atoms with Gasteiger partial charge in [-0.3, -0.25) is 4.68 Å². The molecule has 0 unspecified atom stereocenters. The lowest BCUT2D eigenvalue weighted by Crippen LogP contribution is -2.07. The Labute approximate surface area is 157 Å². The van der Waals surface area contributed by atoms with E-state index in [-0.39, 0.29) is 0 Å². The van der Waals surface area contributed by atoms with Gasteiger partial charge >= 0.3 is 0 Å². The van der Waals surface area contributed by atoms with Crippen LogP contribution in [0.25, 0.3) is 22.0 Å². The van der Waals surface area contributed by atoms with Crippen LogP contribution in [0.3, 0.4) is 0 Å². The lowest BCUT2D eigenvalue weighted by molar-refractivity contribution is 0.122. The Hall–Kier alpha value is -3.20. The monoisotopic (exact) mass is 384 g/mol. The van der Waals surface area contributed by atoms with Crippen molar-refractivity contribution in [1.82, 2.24) is 24.7 Å². The van der Waals surface area contributed by atoms with Crippen molar-refractivity contribution in [1.29, 1.82) is 0 Å². The molecule has 9 heteroatoms. The Kier molecular flexibility index (Phi) is 4.84. The molecule has 0 aliphatic rings. The van der Waals surface area contributed by atoms with E-state index in [0.717, 1.165) is 16.3 Å². The zero-order valence-corrected chi connectivity index (χ0v) is 14.8. The predicted octanol–water partition coefficient (Wildman–Crippen LogP) is 4.47. The number of alkyl halides is 2. The van der Waals surface area contributed by atoms with Crippen LogP contribution in [0.4, 0.5) is 20.5 Å². The number of hydrogen-bond acceptors (Lipinski definition) is 6. The van der Waals surface area contributed by atoms with Crippen LogP contribution >= 0.6 is 11.3 Å². The highest BCUT2D eigenvalue weighted by Crippen LogP contribution is 2.28. The quantitative estimate of drug-likeness (QED) is 0.531. The second-order valence-corrected chi connectivity index (χ2v) is 6.47. The second kappa shape index (κ2) is 7.58. The number of halogens is 2. The van der Waals surface area contributed by atoms with Crippen molar-refractivity contribution in [3.05, 3.63) is 60.2 Å². The van der Waals surface area contributed by atoms with Crippen LogP contribution in [0, 0.1) is 0 Å². The van der Waals surface area contributed by atoms with Gasteiger partial charge in [-0.05, 0) is 6.07 Å². The number of thiazole rings is 1. The highest BCUT2D eigenvalue weighted by Gasteiger charge is 2.10. The third-order valence-electron chi connectivity index (χ3n) is 3.65.